The molecule has 1 heterocycles. The maximum atomic E-state index is 12.1. The highest BCUT2D eigenvalue weighted by Crippen LogP contribution is 2.31. The number of carbonyl (C=O) groups is 1. The smallest absolute Gasteiger partial charge is 0.320 e. The molecule has 1 N–H and O–H groups in total. The molecule has 1 aliphatic rings. The van der Waals surface area contributed by atoms with Gasteiger partial charge in [0.05, 0.1) is 22.7 Å². The maximum absolute atomic E-state index is 12.1. The number of aliphatic hydroxyl groups excluding tert-OH is 1. The van der Waals surface area contributed by atoms with Crippen molar-refractivity contribution in [1.82, 2.24) is 4.90 Å². The zero-order valence-corrected chi connectivity index (χ0v) is 17.5. The highest BCUT2D eigenvalue weighted by Gasteiger charge is 2.33. The normalized spacial score (nSPS) is 22.9. The molecule has 4 nitrogen and oxygen atoms in total. The number of benzene rings is 1. The fourth-order valence-corrected chi connectivity index (χ4v) is 3.89. The van der Waals surface area contributed by atoms with Gasteiger partial charge in [0.2, 0.25) is 0 Å². The Hall–Kier alpha value is -0.810. The quantitative estimate of drug-likeness (QED) is 0.751. The van der Waals surface area contributed by atoms with Gasteiger partial charge < -0.3 is 9.84 Å². The Balaban J connectivity index is 1.99. The Morgan fingerprint density at radius 2 is 2.04 bits per heavy atom. The molecule has 2 rings (SSSR count). The van der Waals surface area contributed by atoms with Gasteiger partial charge in [-0.15, -0.1) is 0 Å². The van der Waals surface area contributed by atoms with E-state index >= 15 is 0 Å². The molecule has 0 aliphatic carbocycles. The maximum Gasteiger partial charge on any atom is 0.320 e. The summed E-state index contributed by atoms with van der Waals surface area (Å²) < 4.78 is 5.41. The summed E-state index contributed by atoms with van der Waals surface area (Å²) in [4.78, 5) is 14.2. The largest absolute Gasteiger partial charge is 0.459 e. The third-order valence-corrected chi connectivity index (χ3v) is 5.50. The standard InChI is InChI=1S/C20H29Cl2NO3/c1-13(24)16-11-23(12-19(25)26-20(2,3)4)8-7-15(16)9-14-5-6-17(21)18(22)10-14/h5-6,10,13,15-16,24H,7-9,11-12H2,1-4H3. The second-order valence-corrected chi connectivity index (χ2v) is 9.04. The molecule has 1 fully saturated rings. The van der Waals surface area contributed by atoms with Crippen LogP contribution in [0.3, 0.4) is 0 Å². The van der Waals surface area contributed by atoms with E-state index in [4.69, 9.17) is 27.9 Å². The minimum Gasteiger partial charge on any atom is -0.459 e. The summed E-state index contributed by atoms with van der Waals surface area (Å²) in [5.41, 5.74) is 0.642. The highest BCUT2D eigenvalue weighted by atomic mass is 35.5. The summed E-state index contributed by atoms with van der Waals surface area (Å²) in [5.74, 6) is 0.215. The van der Waals surface area contributed by atoms with E-state index in [9.17, 15) is 9.90 Å². The minimum atomic E-state index is -0.479. The van der Waals surface area contributed by atoms with Gasteiger partial charge in [0, 0.05) is 12.5 Å². The van der Waals surface area contributed by atoms with Crippen LogP contribution in [0.1, 0.15) is 39.7 Å². The number of rotatable bonds is 5. The van der Waals surface area contributed by atoms with E-state index in [0.29, 0.717) is 22.5 Å². The third-order valence-electron chi connectivity index (χ3n) is 4.76. The lowest BCUT2D eigenvalue weighted by atomic mass is 9.78. The van der Waals surface area contributed by atoms with Crippen LogP contribution in [-0.4, -0.2) is 47.3 Å². The summed E-state index contributed by atoms with van der Waals surface area (Å²) in [5, 5.41) is 11.4. The number of carbonyl (C=O) groups excluding carboxylic acids is 1. The van der Waals surface area contributed by atoms with Crippen molar-refractivity contribution < 1.29 is 14.6 Å². The van der Waals surface area contributed by atoms with Gasteiger partial charge in [-0.1, -0.05) is 29.3 Å². The summed E-state index contributed by atoms with van der Waals surface area (Å²) in [7, 11) is 0. The topological polar surface area (TPSA) is 49.8 Å². The zero-order valence-electron chi connectivity index (χ0n) is 16.0. The van der Waals surface area contributed by atoms with Crippen molar-refractivity contribution in [2.24, 2.45) is 11.8 Å². The Labute approximate surface area is 166 Å². The van der Waals surface area contributed by atoms with E-state index in [-0.39, 0.29) is 18.4 Å². The molecule has 3 unspecified atom stereocenters. The van der Waals surface area contributed by atoms with Crippen molar-refractivity contribution in [1.29, 1.82) is 0 Å². The molecule has 0 saturated carbocycles. The third kappa shape index (κ3) is 6.41. The molecule has 0 spiro atoms. The van der Waals surface area contributed by atoms with Crippen LogP contribution in [0, 0.1) is 11.8 Å². The van der Waals surface area contributed by atoms with Gasteiger partial charge >= 0.3 is 5.97 Å². The molecule has 1 aromatic rings. The molecule has 1 aliphatic heterocycles. The van der Waals surface area contributed by atoms with Gasteiger partial charge in [-0.2, -0.15) is 0 Å². The molecule has 1 aromatic carbocycles. The number of likely N-dealkylation sites (tertiary alicyclic amines) is 1. The van der Waals surface area contributed by atoms with Crippen molar-refractivity contribution in [3.8, 4) is 0 Å². The number of hydrogen-bond donors (Lipinski definition) is 1. The van der Waals surface area contributed by atoms with Crippen molar-refractivity contribution in [2.45, 2.75) is 52.2 Å². The van der Waals surface area contributed by atoms with Crippen LogP contribution in [-0.2, 0) is 16.0 Å². The van der Waals surface area contributed by atoms with Crippen LogP contribution in [0.5, 0.6) is 0 Å². The molecule has 0 radical (unpaired) electrons. The molecule has 3 atom stereocenters. The summed E-state index contributed by atoms with van der Waals surface area (Å²) >= 11 is 12.1. The molecule has 0 amide bonds. The first-order valence-corrected chi connectivity index (χ1v) is 9.87. The van der Waals surface area contributed by atoms with E-state index in [1.807, 2.05) is 45.9 Å². The second-order valence-electron chi connectivity index (χ2n) is 8.23. The lowest BCUT2D eigenvalue weighted by molar-refractivity contribution is -0.157. The molecule has 146 valence electrons. The average molecular weight is 402 g/mol. The number of ether oxygens (including phenoxy) is 1. The van der Waals surface area contributed by atoms with Crippen LogP contribution in [0.15, 0.2) is 18.2 Å². The predicted octanol–water partition coefficient (Wildman–Crippen LogP) is 4.20. The first-order chi connectivity index (χ1) is 12.0. The Morgan fingerprint density at radius 3 is 2.62 bits per heavy atom. The summed E-state index contributed by atoms with van der Waals surface area (Å²) in [6.45, 7) is 9.19. The van der Waals surface area contributed by atoms with E-state index in [0.717, 1.165) is 24.9 Å². The number of piperidine rings is 1. The van der Waals surface area contributed by atoms with Gasteiger partial charge in [0.25, 0.3) is 0 Å². The van der Waals surface area contributed by atoms with Gasteiger partial charge in [-0.05, 0) is 70.7 Å². The van der Waals surface area contributed by atoms with E-state index in [2.05, 4.69) is 4.90 Å². The first kappa shape index (κ1) is 21.5. The Kier molecular flexibility index (Phi) is 7.37. The second kappa shape index (κ2) is 8.92. The van der Waals surface area contributed by atoms with Crippen LogP contribution in [0.2, 0.25) is 10.0 Å². The molecule has 1 saturated heterocycles. The predicted molar refractivity (Wildman–Crippen MR) is 106 cm³/mol. The van der Waals surface area contributed by atoms with Crippen molar-refractivity contribution >= 4 is 29.2 Å². The van der Waals surface area contributed by atoms with Crippen LogP contribution >= 0.6 is 23.2 Å². The lowest BCUT2D eigenvalue weighted by Crippen LogP contribution is -2.47. The fraction of sp³-hybridized carbons (Fsp3) is 0.650. The fourth-order valence-electron chi connectivity index (χ4n) is 3.57. The molecule has 26 heavy (non-hydrogen) atoms. The first-order valence-electron chi connectivity index (χ1n) is 9.11. The SMILES string of the molecule is CC(O)C1CN(CC(=O)OC(C)(C)C)CCC1Cc1ccc(Cl)c(Cl)c1. The van der Waals surface area contributed by atoms with Crippen molar-refractivity contribution in [3.05, 3.63) is 33.8 Å². The van der Waals surface area contributed by atoms with Crippen LogP contribution in [0.4, 0.5) is 0 Å². The van der Waals surface area contributed by atoms with Gasteiger partial charge in [0.1, 0.15) is 5.60 Å². The minimum absolute atomic E-state index is 0.0978. The molecular weight excluding hydrogens is 373 g/mol. The molecule has 0 bridgehead atoms. The van der Waals surface area contributed by atoms with E-state index in [1.54, 1.807) is 0 Å². The number of hydrogen-bond acceptors (Lipinski definition) is 4. The van der Waals surface area contributed by atoms with E-state index in [1.165, 1.54) is 0 Å². The summed E-state index contributed by atoms with van der Waals surface area (Å²) in [6, 6.07) is 5.70. The highest BCUT2D eigenvalue weighted by molar-refractivity contribution is 6.42. The van der Waals surface area contributed by atoms with Gasteiger partial charge in [-0.25, -0.2) is 0 Å². The van der Waals surface area contributed by atoms with Crippen molar-refractivity contribution in [3.63, 3.8) is 0 Å². The number of aliphatic hydroxyl groups is 1. The number of halogens is 2. The zero-order chi connectivity index (χ0) is 19.5. The monoisotopic (exact) mass is 401 g/mol. The van der Waals surface area contributed by atoms with Gasteiger partial charge in [-0.3, -0.25) is 9.69 Å². The van der Waals surface area contributed by atoms with Crippen LogP contribution in [0.25, 0.3) is 0 Å². The van der Waals surface area contributed by atoms with Gasteiger partial charge in [0.15, 0.2) is 0 Å². The summed E-state index contributed by atoms with van der Waals surface area (Å²) in [6.07, 6.45) is 1.31. The number of nitrogens with zero attached hydrogens (tertiary/aromatic N) is 1. The lowest BCUT2D eigenvalue weighted by Gasteiger charge is -2.40. The average Bonchev–Trinajstić information content (AvgIpc) is 2.50. The van der Waals surface area contributed by atoms with Crippen LogP contribution < -0.4 is 0 Å². The number of esters is 1. The van der Waals surface area contributed by atoms with Crippen molar-refractivity contribution in [2.75, 3.05) is 19.6 Å². The Bertz CT molecular complexity index is 628. The van der Waals surface area contributed by atoms with E-state index < -0.39 is 11.7 Å². The molecule has 6 heteroatoms. The Morgan fingerprint density at radius 1 is 1.35 bits per heavy atom. The molecule has 0 aromatic heterocycles. The molecular formula is C20H29Cl2NO3.